The van der Waals surface area contributed by atoms with Gasteiger partial charge in [-0.15, -0.1) is 0 Å². The van der Waals surface area contributed by atoms with Crippen LogP contribution >= 0.6 is 11.8 Å². The van der Waals surface area contributed by atoms with Crippen LogP contribution in [0, 0.1) is 10.1 Å². The number of hydrogen-bond acceptors (Lipinski definition) is 5. The van der Waals surface area contributed by atoms with E-state index in [1.54, 1.807) is 0 Å². The van der Waals surface area contributed by atoms with E-state index in [0.717, 1.165) is 18.2 Å². The fraction of sp³-hybridized carbons (Fsp3) is 0.300. The smallest absolute Gasteiger partial charge is 0.441 e. The number of ether oxygens (including phenoxy) is 1. The molecule has 0 aliphatic carbocycles. The Morgan fingerprint density at radius 3 is 2.60 bits per heavy atom. The molecule has 10 heteroatoms. The summed E-state index contributed by atoms with van der Waals surface area (Å²) in [4.78, 5) is 20.8. The van der Waals surface area contributed by atoms with Crippen molar-refractivity contribution in [2.45, 2.75) is 5.51 Å². The molecule has 0 bridgehead atoms. The molecule has 0 aromatic heterocycles. The molecular weight excluding hydrogens is 303 g/mol. The lowest BCUT2D eigenvalue weighted by molar-refractivity contribution is -0.385. The van der Waals surface area contributed by atoms with Gasteiger partial charge in [-0.3, -0.25) is 10.1 Å². The first kappa shape index (κ1) is 16.1. The van der Waals surface area contributed by atoms with Gasteiger partial charge in [0, 0.05) is 11.8 Å². The van der Waals surface area contributed by atoms with Crippen LogP contribution in [0.15, 0.2) is 18.2 Å². The molecule has 20 heavy (non-hydrogen) atoms. The average Bonchev–Trinajstić information content (AvgIpc) is 2.32. The zero-order chi connectivity index (χ0) is 15.3. The van der Waals surface area contributed by atoms with Crippen LogP contribution in [0.2, 0.25) is 0 Å². The van der Waals surface area contributed by atoms with Crippen LogP contribution in [0.25, 0.3) is 0 Å². The number of para-hydroxylation sites is 1. The van der Waals surface area contributed by atoms with E-state index in [4.69, 9.17) is 9.84 Å². The molecule has 0 atom stereocenters. The number of nitro benzene ring substituents is 1. The molecule has 1 N–H and O–H groups in total. The van der Waals surface area contributed by atoms with E-state index in [9.17, 15) is 28.1 Å². The van der Waals surface area contributed by atoms with Crippen molar-refractivity contribution in [3.63, 3.8) is 0 Å². The van der Waals surface area contributed by atoms with Crippen LogP contribution in [-0.4, -0.2) is 33.9 Å². The zero-order valence-electron chi connectivity index (χ0n) is 9.72. The van der Waals surface area contributed by atoms with E-state index < -0.39 is 45.8 Å². The van der Waals surface area contributed by atoms with Crippen molar-refractivity contribution in [3.05, 3.63) is 33.9 Å². The van der Waals surface area contributed by atoms with Gasteiger partial charge in [-0.2, -0.15) is 13.2 Å². The second-order valence-corrected chi connectivity index (χ2v) is 4.52. The van der Waals surface area contributed by atoms with Gasteiger partial charge >= 0.3 is 17.2 Å². The van der Waals surface area contributed by atoms with Crippen molar-refractivity contribution in [1.29, 1.82) is 0 Å². The molecule has 0 saturated heterocycles. The number of hydrogen-bond donors (Lipinski definition) is 1. The van der Waals surface area contributed by atoms with Gasteiger partial charge in [0.25, 0.3) is 0 Å². The summed E-state index contributed by atoms with van der Waals surface area (Å²) in [6.45, 7) is -0.505. The van der Waals surface area contributed by atoms with Crippen LogP contribution < -0.4 is 4.74 Å². The second-order valence-electron chi connectivity index (χ2n) is 3.36. The van der Waals surface area contributed by atoms with E-state index >= 15 is 0 Å². The number of aromatic carboxylic acids is 1. The molecule has 0 amide bonds. The van der Waals surface area contributed by atoms with E-state index in [2.05, 4.69) is 0 Å². The van der Waals surface area contributed by atoms with Crippen molar-refractivity contribution in [2.24, 2.45) is 0 Å². The Hall–Kier alpha value is -1.97. The lowest BCUT2D eigenvalue weighted by atomic mass is 10.2. The summed E-state index contributed by atoms with van der Waals surface area (Å²) in [5.41, 5.74) is -5.53. The van der Waals surface area contributed by atoms with Crippen LogP contribution in [0.5, 0.6) is 5.75 Å². The molecule has 1 aromatic carbocycles. The third-order valence-electron chi connectivity index (χ3n) is 2.02. The van der Waals surface area contributed by atoms with Gasteiger partial charge < -0.3 is 9.84 Å². The topological polar surface area (TPSA) is 89.7 Å². The van der Waals surface area contributed by atoms with Gasteiger partial charge in [-0.25, -0.2) is 4.79 Å². The third-order valence-corrected chi connectivity index (χ3v) is 2.71. The first-order valence-electron chi connectivity index (χ1n) is 5.06. The lowest BCUT2D eigenvalue weighted by Gasteiger charge is -2.10. The van der Waals surface area contributed by atoms with E-state index in [0.29, 0.717) is 0 Å². The molecular formula is C10H8F3NO5S. The first-order chi connectivity index (χ1) is 9.22. The van der Waals surface area contributed by atoms with Gasteiger partial charge in [-0.05, 0) is 17.8 Å². The SMILES string of the molecule is O=C(O)c1cccc([N+](=O)[O-])c1OCCSC(F)(F)F. The Labute approximate surface area is 114 Å². The molecule has 0 aliphatic heterocycles. The summed E-state index contributed by atoms with van der Waals surface area (Å²) < 4.78 is 40.5. The third kappa shape index (κ3) is 4.61. The highest BCUT2D eigenvalue weighted by molar-refractivity contribution is 8.00. The second kappa shape index (κ2) is 6.46. The number of halogens is 3. The normalized spacial score (nSPS) is 11.2. The van der Waals surface area contributed by atoms with Crippen molar-refractivity contribution in [3.8, 4) is 5.75 Å². The Morgan fingerprint density at radius 2 is 2.10 bits per heavy atom. The molecule has 0 heterocycles. The van der Waals surface area contributed by atoms with Crippen LogP contribution in [0.3, 0.4) is 0 Å². The fourth-order valence-electron chi connectivity index (χ4n) is 1.29. The summed E-state index contributed by atoms with van der Waals surface area (Å²) in [6.07, 6.45) is 0. The number of carbonyl (C=O) groups is 1. The molecule has 0 saturated carbocycles. The molecule has 0 spiro atoms. The zero-order valence-corrected chi connectivity index (χ0v) is 10.5. The number of carboxylic acid groups (broad SMARTS) is 1. The maximum absolute atomic E-state index is 11.9. The van der Waals surface area contributed by atoms with E-state index in [-0.39, 0.29) is 11.8 Å². The summed E-state index contributed by atoms with van der Waals surface area (Å²) in [5, 5.41) is 19.6. The van der Waals surface area contributed by atoms with Crippen molar-refractivity contribution < 1.29 is 32.7 Å². The largest absolute Gasteiger partial charge is 0.485 e. The molecule has 1 aromatic rings. The standard InChI is InChI=1S/C10H8F3NO5S/c11-10(12,13)20-5-4-19-8-6(9(15)16)2-1-3-7(8)14(17)18/h1-3H,4-5H2,(H,15,16). The summed E-state index contributed by atoms with van der Waals surface area (Å²) in [5.74, 6) is -2.52. The minimum atomic E-state index is -4.44. The number of benzene rings is 1. The van der Waals surface area contributed by atoms with Crippen molar-refractivity contribution >= 4 is 23.4 Å². The number of alkyl halides is 3. The predicted octanol–water partition coefficient (Wildman–Crippen LogP) is 2.92. The summed E-state index contributed by atoms with van der Waals surface area (Å²) in [7, 11) is 0. The lowest BCUT2D eigenvalue weighted by Crippen LogP contribution is -2.11. The van der Waals surface area contributed by atoms with Crippen molar-refractivity contribution in [2.75, 3.05) is 12.4 Å². The maximum Gasteiger partial charge on any atom is 0.441 e. The monoisotopic (exact) mass is 311 g/mol. The minimum absolute atomic E-state index is 0.361. The summed E-state index contributed by atoms with van der Waals surface area (Å²) in [6, 6.07) is 3.24. The Balaban J connectivity index is 2.86. The number of nitro groups is 1. The van der Waals surface area contributed by atoms with Crippen LogP contribution in [0.1, 0.15) is 10.4 Å². The van der Waals surface area contributed by atoms with Gasteiger partial charge in [0.05, 0.1) is 11.5 Å². The van der Waals surface area contributed by atoms with Gasteiger partial charge in [0.15, 0.2) is 0 Å². The first-order valence-corrected chi connectivity index (χ1v) is 6.05. The number of nitrogens with zero attached hydrogens (tertiary/aromatic N) is 1. The minimum Gasteiger partial charge on any atom is -0.485 e. The molecule has 1 rings (SSSR count). The van der Waals surface area contributed by atoms with Crippen LogP contribution in [0.4, 0.5) is 18.9 Å². The van der Waals surface area contributed by atoms with E-state index in [1.807, 2.05) is 0 Å². The molecule has 0 aliphatic rings. The van der Waals surface area contributed by atoms with Crippen LogP contribution in [-0.2, 0) is 0 Å². The van der Waals surface area contributed by atoms with Gasteiger partial charge in [0.1, 0.15) is 5.56 Å². The Bertz CT molecular complexity index is 488. The Kier molecular flexibility index (Phi) is 5.19. The van der Waals surface area contributed by atoms with Gasteiger partial charge in [0.2, 0.25) is 5.75 Å². The van der Waals surface area contributed by atoms with Crippen molar-refractivity contribution in [1.82, 2.24) is 0 Å². The molecule has 0 radical (unpaired) electrons. The number of thioether (sulfide) groups is 1. The molecule has 0 unspecified atom stereocenters. The highest BCUT2D eigenvalue weighted by Gasteiger charge is 2.28. The number of carboxylic acids is 1. The predicted molar refractivity (Wildman–Crippen MR) is 64.1 cm³/mol. The molecule has 110 valence electrons. The molecule has 6 nitrogen and oxygen atoms in total. The Morgan fingerprint density at radius 1 is 1.45 bits per heavy atom. The van der Waals surface area contributed by atoms with E-state index in [1.165, 1.54) is 0 Å². The highest BCUT2D eigenvalue weighted by atomic mass is 32.2. The average molecular weight is 311 g/mol. The van der Waals surface area contributed by atoms with Gasteiger partial charge in [-0.1, -0.05) is 6.07 Å². The maximum atomic E-state index is 11.9. The summed E-state index contributed by atoms with van der Waals surface area (Å²) >= 11 is -0.361. The number of rotatable bonds is 6. The quantitative estimate of drug-likeness (QED) is 0.493. The molecule has 0 fully saturated rings. The fourth-order valence-corrected chi connectivity index (χ4v) is 1.69. The highest BCUT2D eigenvalue weighted by Crippen LogP contribution is 2.33.